The van der Waals surface area contributed by atoms with Crippen molar-refractivity contribution in [2.75, 3.05) is 80.3 Å². The molecule has 0 spiro atoms. The van der Waals surface area contributed by atoms with Crippen LogP contribution in [-0.2, 0) is 56.8 Å². The van der Waals surface area contributed by atoms with E-state index in [1.165, 1.54) is 28.1 Å². The molecule has 0 radical (unpaired) electrons. The SMILES string of the molecule is CO[C@@H]1C(CO)O[C@@H](O[C@@H]2C(COCC(O)COCCOCC(O)COCC3O[C@@H](O[C@@H]4C(CO)O[C@@H](C)[C@@H](O)C4O)C(O)[C@@H](O)[C@@H]3OC)O[C@@H](C)[C@@H](O)C2O)C(O)[C@H]1O. The Bertz CT molecular complexity index is 1190. The molecule has 0 amide bonds. The maximum absolute atomic E-state index is 10.8. The van der Waals surface area contributed by atoms with Crippen LogP contribution < -0.4 is 0 Å². The fourth-order valence-corrected chi connectivity index (χ4v) is 7.37. The molecule has 0 saturated carbocycles. The third kappa shape index (κ3) is 13.3. The lowest BCUT2D eigenvalue weighted by Crippen LogP contribution is -2.64. The van der Waals surface area contributed by atoms with Gasteiger partial charge in [0, 0.05) is 14.2 Å². The Morgan fingerprint density at radius 1 is 0.433 bits per heavy atom. The van der Waals surface area contributed by atoms with Crippen molar-refractivity contribution in [3.63, 3.8) is 0 Å². The zero-order valence-corrected chi connectivity index (χ0v) is 34.0. The van der Waals surface area contributed by atoms with E-state index in [1.54, 1.807) is 0 Å². The summed E-state index contributed by atoms with van der Waals surface area (Å²) < 4.78 is 66.5. The second kappa shape index (κ2) is 24.9. The zero-order chi connectivity index (χ0) is 44.3. The van der Waals surface area contributed by atoms with Crippen LogP contribution in [0, 0.1) is 0 Å². The zero-order valence-electron chi connectivity index (χ0n) is 34.0. The van der Waals surface area contributed by atoms with Gasteiger partial charge in [0.25, 0.3) is 0 Å². The summed E-state index contributed by atoms with van der Waals surface area (Å²) in [6, 6.07) is 0. The van der Waals surface area contributed by atoms with Gasteiger partial charge in [-0.25, -0.2) is 0 Å². The molecule has 24 nitrogen and oxygen atoms in total. The highest BCUT2D eigenvalue weighted by atomic mass is 16.7. The van der Waals surface area contributed by atoms with Gasteiger partial charge in [-0.05, 0) is 13.8 Å². The van der Waals surface area contributed by atoms with Crippen molar-refractivity contribution in [1.29, 1.82) is 0 Å². The first-order chi connectivity index (χ1) is 28.6. The summed E-state index contributed by atoms with van der Waals surface area (Å²) in [6.07, 6.45) is -27.9. The van der Waals surface area contributed by atoms with Crippen LogP contribution in [0.2, 0.25) is 0 Å². The van der Waals surface area contributed by atoms with E-state index in [4.69, 9.17) is 56.8 Å². The van der Waals surface area contributed by atoms with Gasteiger partial charge in [0.1, 0.15) is 110 Å². The van der Waals surface area contributed by atoms with Crippen LogP contribution in [0.5, 0.6) is 0 Å². The lowest BCUT2D eigenvalue weighted by Gasteiger charge is -2.46. The number of ether oxygens (including phenoxy) is 12. The van der Waals surface area contributed by atoms with Crippen molar-refractivity contribution in [2.24, 2.45) is 0 Å². The Labute approximate surface area is 346 Å². The van der Waals surface area contributed by atoms with Gasteiger partial charge in [0.2, 0.25) is 0 Å². The number of aliphatic hydroxyl groups is 12. The van der Waals surface area contributed by atoms with Crippen LogP contribution in [-0.4, -0.2) is 276 Å². The molecule has 0 aliphatic carbocycles. The van der Waals surface area contributed by atoms with Crippen LogP contribution in [0.15, 0.2) is 0 Å². The minimum absolute atomic E-state index is 0.0308. The van der Waals surface area contributed by atoms with Gasteiger partial charge in [0.15, 0.2) is 12.6 Å². The summed E-state index contributed by atoms with van der Waals surface area (Å²) in [5, 5.41) is 125. The molecule has 354 valence electrons. The van der Waals surface area contributed by atoms with Crippen molar-refractivity contribution in [2.45, 2.75) is 149 Å². The maximum atomic E-state index is 10.8. The molecule has 60 heavy (non-hydrogen) atoms. The average molecular weight is 883 g/mol. The molecule has 4 rings (SSSR count). The van der Waals surface area contributed by atoms with Gasteiger partial charge in [-0.2, -0.15) is 0 Å². The van der Waals surface area contributed by atoms with E-state index in [2.05, 4.69) is 0 Å². The Morgan fingerprint density at radius 3 is 1.20 bits per heavy atom. The minimum Gasteiger partial charge on any atom is -0.394 e. The number of methoxy groups -OCH3 is 2. The molecule has 4 heterocycles. The first kappa shape index (κ1) is 51.7. The highest BCUT2D eigenvalue weighted by molar-refractivity contribution is 4.97. The fraction of sp³-hybridized carbons (Fsp3) is 1.00. The highest BCUT2D eigenvalue weighted by Crippen LogP contribution is 2.32. The van der Waals surface area contributed by atoms with E-state index < -0.39 is 148 Å². The van der Waals surface area contributed by atoms with E-state index >= 15 is 0 Å². The molecular weight excluding hydrogens is 816 g/mol. The van der Waals surface area contributed by atoms with E-state index in [0.29, 0.717) is 0 Å². The maximum Gasteiger partial charge on any atom is 0.187 e. The predicted octanol–water partition coefficient (Wildman–Crippen LogP) is -7.53. The Morgan fingerprint density at radius 2 is 0.767 bits per heavy atom. The predicted molar refractivity (Wildman–Crippen MR) is 195 cm³/mol. The quantitative estimate of drug-likeness (QED) is 0.0424. The molecule has 0 aromatic carbocycles. The topological polar surface area (TPSA) is 354 Å². The summed E-state index contributed by atoms with van der Waals surface area (Å²) in [5.74, 6) is 0. The molecule has 22 atom stereocenters. The molecule has 4 aliphatic heterocycles. The summed E-state index contributed by atoms with van der Waals surface area (Å²) in [4.78, 5) is 0. The molecule has 4 fully saturated rings. The monoisotopic (exact) mass is 882 g/mol. The Hall–Kier alpha value is -0.960. The minimum atomic E-state index is -1.65. The molecular formula is C36H66O24. The Balaban J connectivity index is 1.12. The number of rotatable bonds is 23. The van der Waals surface area contributed by atoms with Gasteiger partial charge < -0.3 is 118 Å². The summed E-state index contributed by atoms with van der Waals surface area (Å²) in [5.41, 5.74) is 0. The first-order valence-corrected chi connectivity index (χ1v) is 19.9. The number of aliphatic hydroxyl groups excluding tert-OH is 12. The van der Waals surface area contributed by atoms with E-state index in [0.717, 1.165) is 0 Å². The lowest BCUT2D eigenvalue weighted by atomic mass is 9.95. The molecule has 24 heteroatoms. The highest BCUT2D eigenvalue weighted by Gasteiger charge is 2.52. The molecule has 10 unspecified atom stereocenters. The number of hydrogen-bond acceptors (Lipinski definition) is 24. The summed E-state index contributed by atoms with van der Waals surface area (Å²) >= 11 is 0. The van der Waals surface area contributed by atoms with E-state index in [1.807, 2.05) is 0 Å². The van der Waals surface area contributed by atoms with Gasteiger partial charge in [-0.3, -0.25) is 0 Å². The molecule has 0 aromatic heterocycles. The number of hydrogen-bond donors (Lipinski definition) is 12. The van der Waals surface area contributed by atoms with Gasteiger partial charge >= 0.3 is 0 Å². The molecule has 0 bridgehead atoms. The van der Waals surface area contributed by atoms with Crippen LogP contribution in [0.1, 0.15) is 13.8 Å². The van der Waals surface area contributed by atoms with Gasteiger partial charge in [-0.1, -0.05) is 0 Å². The third-order valence-corrected chi connectivity index (χ3v) is 10.8. The van der Waals surface area contributed by atoms with Crippen molar-refractivity contribution in [3.05, 3.63) is 0 Å². The van der Waals surface area contributed by atoms with Crippen molar-refractivity contribution >= 4 is 0 Å². The average Bonchev–Trinajstić information content (AvgIpc) is 3.22. The van der Waals surface area contributed by atoms with E-state index in [9.17, 15) is 61.3 Å². The third-order valence-electron chi connectivity index (χ3n) is 10.8. The summed E-state index contributed by atoms with van der Waals surface area (Å²) in [6.45, 7) is 0.682. The molecule has 4 aliphatic rings. The van der Waals surface area contributed by atoms with Crippen molar-refractivity contribution in [1.82, 2.24) is 0 Å². The van der Waals surface area contributed by atoms with Crippen LogP contribution in [0.25, 0.3) is 0 Å². The van der Waals surface area contributed by atoms with Crippen molar-refractivity contribution in [3.8, 4) is 0 Å². The van der Waals surface area contributed by atoms with Gasteiger partial charge in [-0.15, -0.1) is 0 Å². The summed E-state index contributed by atoms with van der Waals surface area (Å²) in [7, 11) is 2.56. The smallest absolute Gasteiger partial charge is 0.187 e. The molecule has 0 aromatic rings. The molecule has 12 N–H and O–H groups in total. The standard InChI is InChI=1S/C36H66O24/c1-15-23(41)25(43)33(20(8-38)55-15)59-36-30(48)28(46)32(50-4)21(58-36)13-53-11-17(39)9-51-5-6-52-10-18(40)12-54-14-22-34(26(44)24(42)16(2)56-22)60-35-29(47)27(45)31(49-3)19(7-37)57-35/h15-48H,5-14H2,1-4H3/t15-,16-,17?,18?,19?,20?,21?,22?,23+,24+,25?,26?,27+,28+,29?,30?,31+,32+,33+,34+,35-,36-/m0/s1. The second-order valence-corrected chi connectivity index (χ2v) is 15.3. The van der Waals surface area contributed by atoms with Crippen LogP contribution >= 0.6 is 0 Å². The van der Waals surface area contributed by atoms with Crippen LogP contribution in [0.3, 0.4) is 0 Å². The Kier molecular flexibility index (Phi) is 21.5. The van der Waals surface area contributed by atoms with Crippen LogP contribution in [0.4, 0.5) is 0 Å². The fourth-order valence-electron chi connectivity index (χ4n) is 7.37. The largest absolute Gasteiger partial charge is 0.394 e. The lowest BCUT2D eigenvalue weighted by molar-refractivity contribution is -0.344. The molecule has 4 saturated heterocycles. The van der Waals surface area contributed by atoms with Gasteiger partial charge in [0.05, 0.1) is 78.3 Å². The van der Waals surface area contributed by atoms with Crippen molar-refractivity contribution < 1.29 is 118 Å². The second-order valence-electron chi connectivity index (χ2n) is 15.3. The van der Waals surface area contributed by atoms with E-state index in [-0.39, 0.29) is 52.9 Å². The first-order valence-electron chi connectivity index (χ1n) is 19.9. The normalized spacial score (nSPS) is 43.8.